The second-order valence-corrected chi connectivity index (χ2v) is 7.02. The van der Waals surface area contributed by atoms with E-state index in [-0.39, 0.29) is 5.91 Å². The number of nitrogens with one attached hydrogen (secondary N) is 1. The fraction of sp³-hybridized carbons (Fsp3) is 0.450. The molecule has 2 fully saturated rings. The van der Waals surface area contributed by atoms with E-state index in [1.54, 1.807) is 24.4 Å². The van der Waals surface area contributed by atoms with E-state index in [1.165, 1.54) is 0 Å². The van der Waals surface area contributed by atoms with Crippen molar-refractivity contribution in [2.75, 3.05) is 38.7 Å². The van der Waals surface area contributed by atoms with Gasteiger partial charge in [-0.2, -0.15) is 0 Å². The first kappa shape index (κ1) is 18.6. The van der Waals surface area contributed by atoms with Crippen LogP contribution < -0.4 is 10.1 Å². The number of hydrogen-bond acceptors (Lipinski definition) is 7. The van der Waals surface area contributed by atoms with Crippen molar-refractivity contribution in [1.29, 1.82) is 0 Å². The summed E-state index contributed by atoms with van der Waals surface area (Å²) in [6, 6.07) is 5.81. The lowest BCUT2D eigenvalue weighted by atomic mass is 10.0. The molecule has 1 spiro atoms. The Labute approximate surface area is 163 Å². The number of likely N-dealkylation sites (tertiary alicyclic amines) is 1. The fourth-order valence-electron chi connectivity index (χ4n) is 3.56. The van der Waals surface area contributed by atoms with Crippen molar-refractivity contribution < 1.29 is 19.0 Å². The molecule has 0 atom stereocenters. The average molecular weight is 384 g/mol. The number of benzene rings is 1. The van der Waals surface area contributed by atoms with Gasteiger partial charge in [-0.1, -0.05) is 6.07 Å². The van der Waals surface area contributed by atoms with Crippen molar-refractivity contribution in [2.45, 2.75) is 25.6 Å². The number of nitrogens with zero attached hydrogens (tertiary/aromatic N) is 3. The summed E-state index contributed by atoms with van der Waals surface area (Å²) in [6.07, 6.45) is 4.47. The van der Waals surface area contributed by atoms with E-state index < -0.39 is 5.79 Å². The summed E-state index contributed by atoms with van der Waals surface area (Å²) in [5.74, 6) is 0.541. The van der Waals surface area contributed by atoms with Crippen molar-refractivity contribution in [1.82, 2.24) is 14.9 Å². The Hall–Kier alpha value is -2.71. The quantitative estimate of drug-likeness (QED) is 0.867. The molecule has 148 valence electrons. The lowest BCUT2D eigenvalue weighted by Crippen LogP contribution is -2.47. The van der Waals surface area contributed by atoms with Crippen LogP contribution in [0.1, 0.15) is 28.8 Å². The largest absolute Gasteiger partial charge is 0.495 e. The highest BCUT2D eigenvalue weighted by molar-refractivity contribution is 5.93. The molecule has 2 saturated heterocycles. The Balaban J connectivity index is 1.41. The summed E-state index contributed by atoms with van der Waals surface area (Å²) in [4.78, 5) is 23.1. The molecule has 3 heterocycles. The molecule has 2 aliphatic heterocycles. The van der Waals surface area contributed by atoms with Gasteiger partial charge in [0, 0.05) is 38.3 Å². The molecule has 8 nitrogen and oxygen atoms in total. The van der Waals surface area contributed by atoms with Crippen LogP contribution in [0.4, 0.5) is 11.6 Å². The number of ether oxygens (including phenoxy) is 3. The summed E-state index contributed by atoms with van der Waals surface area (Å²) in [5, 5.41) is 3.14. The van der Waals surface area contributed by atoms with E-state index in [0.717, 1.165) is 11.3 Å². The van der Waals surface area contributed by atoms with Gasteiger partial charge in [-0.15, -0.1) is 0 Å². The third-order valence-corrected chi connectivity index (χ3v) is 5.13. The lowest BCUT2D eigenvalue weighted by molar-refractivity contribution is -0.181. The molecule has 2 aliphatic rings. The average Bonchev–Trinajstić information content (AvgIpc) is 3.17. The molecule has 1 N–H and O–H groups in total. The molecule has 0 saturated carbocycles. The molecule has 2 aromatic rings. The fourth-order valence-corrected chi connectivity index (χ4v) is 3.56. The molecular formula is C20H24N4O4. The van der Waals surface area contributed by atoms with Crippen molar-refractivity contribution in [2.24, 2.45) is 0 Å². The molecule has 1 aromatic heterocycles. The zero-order chi connectivity index (χ0) is 19.6. The van der Waals surface area contributed by atoms with Crippen LogP contribution in [0.2, 0.25) is 0 Å². The van der Waals surface area contributed by atoms with E-state index in [4.69, 9.17) is 14.2 Å². The molecule has 0 bridgehead atoms. The third-order valence-electron chi connectivity index (χ3n) is 5.13. The van der Waals surface area contributed by atoms with Gasteiger partial charge in [0.2, 0.25) is 5.95 Å². The SMILES string of the molecule is COc1ccc(C)cc1Nc1ncc(C(=O)N2CCC3(CC2)OCCO3)cn1. The van der Waals surface area contributed by atoms with Crippen LogP contribution >= 0.6 is 0 Å². The van der Waals surface area contributed by atoms with Crippen molar-refractivity contribution >= 4 is 17.5 Å². The molecule has 1 aromatic carbocycles. The minimum Gasteiger partial charge on any atom is -0.495 e. The number of piperidine rings is 1. The molecule has 8 heteroatoms. The normalized spacial score (nSPS) is 18.3. The lowest BCUT2D eigenvalue weighted by Gasteiger charge is -2.37. The highest BCUT2D eigenvalue weighted by atomic mass is 16.7. The van der Waals surface area contributed by atoms with Crippen LogP contribution in [0.3, 0.4) is 0 Å². The van der Waals surface area contributed by atoms with Gasteiger partial charge in [0.25, 0.3) is 5.91 Å². The number of amides is 1. The summed E-state index contributed by atoms with van der Waals surface area (Å²) >= 11 is 0. The number of carbonyl (C=O) groups excluding carboxylic acids is 1. The van der Waals surface area contributed by atoms with Gasteiger partial charge in [-0.05, 0) is 24.6 Å². The Morgan fingerprint density at radius 3 is 2.50 bits per heavy atom. The number of rotatable bonds is 4. The smallest absolute Gasteiger partial charge is 0.256 e. The maximum Gasteiger partial charge on any atom is 0.256 e. The molecule has 0 aliphatic carbocycles. The first-order valence-electron chi connectivity index (χ1n) is 9.39. The van der Waals surface area contributed by atoms with Gasteiger partial charge in [0.1, 0.15) is 5.75 Å². The number of aryl methyl sites for hydroxylation is 1. The number of methoxy groups -OCH3 is 1. The Morgan fingerprint density at radius 2 is 1.86 bits per heavy atom. The minimum atomic E-state index is -0.492. The van der Waals surface area contributed by atoms with Gasteiger partial charge < -0.3 is 24.4 Å². The van der Waals surface area contributed by atoms with E-state index >= 15 is 0 Å². The molecular weight excluding hydrogens is 360 g/mol. The summed E-state index contributed by atoms with van der Waals surface area (Å²) in [5.41, 5.74) is 2.33. The van der Waals surface area contributed by atoms with Gasteiger partial charge in [0.05, 0.1) is 31.6 Å². The van der Waals surface area contributed by atoms with Gasteiger partial charge >= 0.3 is 0 Å². The van der Waals surface area contributed by atoms with Crippen LogP contribution in [-0.2, 0) is 9.47 Å². The summed E-state index contributed by atoms with van der Waals surface area (Å²) in [7, 11) is 1.61. The Bertz CT molecular complexity index is 840. The van der Waals surface area contributed by atoms with Crippen LogP contribution in [0.15, 0.2) is 30.6 Å². The number of anilines is 2. The first-order chi connectivity index (χ1) is 13.6. The minimum absolute atomic E-state index is 0.0764. The Morgan fingerprint density at radius 1 is 1.18 bits per heavy atom. The molecule has 0 radical (unpaired) electrons. The molecule has 0 unspecified atom stereocenters. The van der Waals surface area contributed by atoms with Gasteiger partial charge in [-0.25, -0.2) is 9.97 Å². The van der Waals surface area contributed by atoms with Crippen molar-refractivity contribution in [3.8, 4) is 5.75 Å². The zero-order valence-electron chi connectivity index (χ0n) is 16.1. The summed E-state index contributed by atoms with van der Waals surface area (Å²) < 4.78 is 16.8. The van der Waals surface area contributed by atoms with Crippen molar-refractivity contribution in [3.63, 3.8) is 0 Å². The standard InChI is InChI=1S/C20H24N4O4/c1-14-3-4-17(26-2)16(11-14)23-19-21-12-15(13-22-19)18(25)24-7-5-20(6-8-24)27-9-10-28-20/h3-4,11-13H,5-10H2,1-2H3,(H,21,22,23). The van der Waals surface area contributed by atoms with E-state index in [9.17, 15) is 4.79 Å². The molecule has 28 heavy (non-hydrogen) atoms. The van der Waals surface area contributed by atoms with E-state index in [2.05, 4.69) is 15.3 Å². The second kappa shape index (κ2) is 7.73. The van der Waals surface area contributed by atoms with Gasteiger partial charge in [0.15, 0.2) is 5.79 Å². The van der Waals surface area contributed by atoms with Crippen LogP contribution in [0.5, 0.6) is 5.75 Å². The van der Waals surface area contributed by atoms with E-state index in [0.29, 0.717) is 56.4 Å². The van der Waals surface area contributed by atoms with Gasteiger partial charge in [-0.3, -0.25) is 4.79 Å². The highest BCUT2D eigenvalue weighted by Gasteiger charge is 2.40. The van der Waals surface area contributed by atoms with Crippen molar-refractivity contribution in [3.05, 3.63) is 41.7 Å². The van der Waals surface area contributed by atoms with Crippen LogP contribution in [0, 0.1) is 6.92 Å². The third kappa shape index (κ3) is 3.79. The predicted octanol–water partition coefficient (Wildman–Crippen LogP) is 2.52. The van der Waals surface area contributed by atoms with Crippen LogP contribution in [0.25, 0.3) is 0 Å². The van der Waals surface area contributed by atoms with Crippen LogP contribution in [-0.4, -0.2) is 60.0 Å². The number of aromatic nitrogens is 2. The maximum atomic E-state index is 12.7. The zero-order valence-corrected chi connectivity index (χ0v) is 16.1. The van der Waals surface area contributed by atoms with E-state index in [1.807, 2.05) is 25.1 Å². The monoisotopic (exact) mass is 384 g/mol. The number of carbonyl (C=O) groups is 1. The topological polar surface area (TPSA) is 85.8 Å². The Kier molecular flexibility index (Phi) is 5.15. The summed E-state index contributed by atoms with van der Waals surface area (Å²) in [6.45, 7) is 4.44. The highest BCUT2D eigenvalue weighted by Crippen LogP contribution is 2.32. The maximum absolute atomic E-state index is 12.7. The first-order valence-corrected chi connectivity index (χ1v) is 9.39. The molecule has 1 amide bonds. The molecule has 4 rings (SSSR count). The predicted molar refractivity (Wildman–Crippen MR) is 103 cm³/mol. The second-order valence-electron chi connectivity index (χ2n) is 7.02. The number of hydrogen-bond donors (Lipinski definition) is 1.